The van der Waals surface area contributed by atoms with Gasteiger partial charge >= 0.3 is 11.9 Å². The van der Waals surface area contributed by atoms with Crippen molar-refractivity contribution in [3.63, 3.8) is 0 Å². The highest BCUT2D eigenvalue weighted by molar-refractivity contribution is 5.69. The van der Waals surface area contributed by atoms with E-state index >= 15 is 0 Å². The van der Waals surface area contributed by atoms with Gasteiger partial charge in [0, 0.05) is 12.8 Å². The Morgan fingerprint density at radius 1 is 0.531 bits per heavy atom. The first kappa shape index (κ1) is 30.9. The lowest BCUT2D eigenvalue weighted by molar-refractivity contribution is -0.144. The summed E-state index contributed by atoms with van der Waals surface area (Å²) in [5, 5.41) is 0. The lowest BCUT2D eigenvalue weighted by Gasteiger charge is -2.11. The maximum Gasteiger partial charge on any atom is 0.305 e. The van der Waals surface area contributed by atoms with Crippen molar-refractivity contribution in [2.75, 3.05) is 13.2 Å². The van der Waals surface area contributed by atoms with Gasteiger partial charge in [0.1, 0.15) is 0 Å². The Morgan fingerprint density at radius 2 is 0.969 bits per heavy atom. The molecule has 0 N–H and O–H groups in total. The average molecular weight is 455 g/mol. The van der Waals surface area contributed by atoms with Gasteiger partial charge in [-0.1, -0.05) is 111 Å². The Bertz CT molecular complexity index is 422. The fraction of sp³-hybridized carbons (Fsp3) is 0.929. The predicted molar refractivity (Wildman–Crippen MR) is 135 cm³/mol. The molecule has 0 aromatic carbocycles. The molecule has 0 aliphatic carbocycles. The number of rotatable bonds is 24. The predicted octanol–water partition coefficient (Wildman–Crippen LogP) is 8.55. The number of hydrogen-bond acceptors (Lipinski definition) is 4. The zero-order valence-electron chi connectivity index (χ0n) is 21.8. The average Bonchev–Trinajstić information content (AvgIpc) is 2.79. The molecule has 0 aliphatic rings. The van der Waals surface area contributed by atoms with E-state index in [1.165, 1.54) is 57.8 Å². The molecule has 0 heterocycles. The lowest BCUT2D eigenvalue weighted by atomic mass is 9.97. The zero-order chi connectivity index (χ0) is 23.7. The molecule has 4 heteroatoms. The summed E-state index contributed by atoms with van der Waals surface area (Å²) in [6.07, 6.45) is 22.5. The third kappa shape index (κ3) is 23.6. The van der Waals surface area contributed by atoms with Crippen LogP contribution in [-0.2, 0) is 19.1 Å². The molecule has 0 saturated heterocycles. The molecule has 4 nitrogen and oxygen atoms in total. The van der Waals surface area contributed by atoms with Crippen LogP contribution in [0.4, 0.5) is 0 Å². The fourth-order valence-electron chi connectivity index (χ4n) is 3.91. The first-order valence-corrected chi connectivity index (χ1v) is 13.9. The number of unbranched alkanes of at least 4 members (excludes halogenated alkanes) is 13. The highest BCUT2D eigenvalue weighted by Crippen LogP contribution is 2.17. The topological polar surface area (TPSA) is 52.6 Å². The van der Waals surface area contributed by atoms with Crippen LogP contribution in [0.3, 0.4) is 0 Å². The smallest absolute Gasteiger partial charge is 0.305 e. The van der Waals surface area contributed by atoms with E-state index in [9.17, 15) is 9.59 Å². The number of carbonyl (C=O) groups excluding carboxylic acids is 2. The van der Waals surface area contributed by atoms with Crippen LogP contribution < -0.4 is 0 Å². The molecule has 0 aromatic heterocycles. The second kappa shape index (κ2) is 24.6. The third-order valence-electron chi connectivity index (χ3n) is 6.19. The minimum Gasteiger partial charge on any atom is -0.466 e. The van der Waals surface area contributed by atoms with Crippen LogP contribution in [0.5, 0.6) is 0 Å². The van der Waals surface area contributed by atoms with E-state index in [1.54, 1.807) is 0 Å². The molecule has 190 valence electrons. The van der Waals surface area contributed by atoms with E-state index in [2.05, 4.69) is 20.8 Å². The highest BCUT2D eigenvalue weighted by Gasteiger charge is 2.08. The van der Waals surface area contributed by atoms with Crippen LogP contribution in [0.1, 0.15) is 149 Å². The maximum atomic E-state index is 11.7. The van der Waals surface area contributed by atoms with Gasteiger partial charge < -0.3 is 9.47 Å². The van der Waals surface area contributed by atoms with E-state index in [0.29, 0.717) is 32.0 Å². The molecule has 0 saturated carbocycles. The van der Waals surface area contributed by atoms with Crippen LogP contribution in [0.25, 0.3) is 0 Å². The molecule has 1 atom stereocenters. The monoisotopic (exact) mass is 454 g/mol. The number of esters is 2. The quantitative estimate of drug-likeness (QED) is 0.108. The normalized spacial score (nSPS) is 12.0. The van der Waals surface area contributed by atoms with Crippen LogP contribution in [-0.4, -0.2) is 25.2 Å². The van der Waals surface area contributed by atoms with Gasteiger partial charge in [-0.15, -0.1) is 0 Å². The Labute approximate surface area is 199 Å². The van der Waals surface area contributed by atoms with E-state index in [4.69, 9.17) is 9.47 Å². The van der Waals surface area contributed by atoms with Crippen molar-refractivity contribution in [3.05, 3.63) is 0 Å². The van der Waals surface area contributed by atoms with Crippen molar-refractivity contribution in [2.45, 2.75) is 149 Å². The van der Waals surface area contributed by atoms with Gasteiger partial charge in [0.05, 0.1) is 13.2 Å². The van der Waals surface area contributed by atoms with Gasteiger partial charge in [-0.25, -0.2) is 0 Å². The van der Waals surface area contributed by atoms with Crippen molar-refractivity contribution in [3.8, 4) is 0 Å². The SMILES string of the molecule is CCCCCOC(=O)CCCCCCCCCCCCC(C)CCC(=O)OCCCCC. The van der Waals surface area contributed by atoms with Gasteiger partial charge in [0.25, 0.3) is 0 Å². The molecule has 0 spiro atoms. The van der Waals surface area contributed by atoms with Crippen molar-refractivity contribution in [2.24, 2.45) is 5.92 Å². The van der Waals surface area contributed by atoms with Crippen LogP contribution in [0.2, 0.25) is 0 Å². The van der Waals surface area contributed by atoms with E-state index in [-0.39, 0.29) is 11.9 Å². The summed E-state index contributed by atoms with van der Waals surface area (Å²) in [5.74, 6) is 0.583. The molecule has 0 amide bonds. The minimum atomic E-state index is -0.0182. The number of carbonyl (C=O) groups is 2. The largest absolute Gasteiger partial charge is 0.466 e. The standard InChI is InChI=1S/C28H54O4/c1-4-6-18-24-31-27(29)21-17-15-13-11-9-8-10-12-14-16-20-26(3)22-23-28(30)32-25-19-7-5-2/h26H,4-25H2,1-3H3. The van der Waals surface area contributed by atoms with E-state index in [0.717, 1.165) is 57.8 Å². The van der Waals surface area contributed by atoms with Gasteiger partial charge in [-0.3, -0.25) is 9.59 Å². The van der Waals surface area contributed by atoms with Crippen molar-refractivity contribution >= 4 is 11.9 Å². The molecule has 0 radical (unpaired) electrons. The summed E-state index contributed by atoms with van der Waals surface area (Å²) in [5.41, 5.74) is 0. The summed E-state index contributed by atoms with van der Waals surface area (Å²) in [6.45, 7) is 7.76. The van der Waals surface area contributed by atoms with Gasteiger partial charge in [-0.05, 0) is 31.6 Å². The van der Waals surface area contributed by atoms with E-state index in [1.807, 2.05) is 0 Å². The molecule has 0 fully saturated rings. The molecule has 32 heavy (non-hydrogen) atoms. The Kier molecular flexibility index (Phi) is 23.8. The molecule has 0 rings (SSSR count). The summed E-state index contributed by atoms with van der Waals surface area (Å²) < 4.78 is 10.5. The van der Waals surface area contributed by atoms with Crippen molar-refractivity contribution in [1.29, 1.82) is 0 Å². The summed E-state index contributed by atoms with van der Waals surface area (Å²) in [6, 6.07) is 0. The van der Waals surface area contributed by atoms with Gasteiger partial charge in [0.2, 0.25) is 0 Å². The van der Waals surface area contributed by atoms with Crippen molar-refractivity contribution in [1.82, 2.24) is 0 Å². The number of ether oxygens (including phenoxy) is 2. The first-order chi connectivity index (χ1) is 15.6. The molecule has 1 unspecified atom stereocenters. The zero-order valence-corrected chi connectivity index (χ0v) is 21.8. The molecular weight excluding hydrogens is 400 g/mol. The second-order valence-electron chi connectivity index (χ2n) is 9.57. The van der Waals surface area contributed by atoms with E-state index < -0.39 is 0 Å². The maximum absolute atomic E-state index is 11.7. The molecular formula is C28H54O4. The Hall–Kier alpha value is -1.06. The van der Waals surface area contributed by atoms with Crippen molar-refractivity contribution < 1.29 is 19.1 Å². The highest BCUT2D eigenvalue weighted by atomic mass is 16.5. The summed E-state index contributed by atoms with van der Waals surface area (Å²) >= 11 is 0. The fourth-order valence-corrected chi connectivity index (χ4v) is 3.91. The van der Waals surface area contributed by atoms with Crippen LogP contribution in [0.15, 0.2) is 0 Å². The summed E-state index contributed by atoms with van der Waals surface area (Å²) in [7, 11) is 0. The van der Waals surface area contributed by atoms with Gasteiger partial charge in [-0.2, -0.15) is 0 Å². The molecule has 0 aromatic rings. The first-order valence-electron chi connectivity index (χ1n) is 13.9. The minimum absolute atomic E-state index is 0.0160. The molecule has 0 aliphatic heterocycles. The third-order valence-corrected chi connectivity index (χ3v) is 6.19. The van der Waals surface area contributed by atoms with Crippen LogP contribution in [0, 0.1) is 5.92 Å². The number of hydrogen-bond donors (Lipinski definition) is 0. The lowest BCUT2D eigenvalue weighted by Crippen LogP contribution is -2.08. The second-order valence-corrected chi connectivity index (χ2v) is 9.57. The molecule has 0 bridgehead atoms. The Balaban J connectivity index is 3.30. The Morgan fingerprint density at radius 3 is 1.47 bits per heavy atom. The van der Waals surface area contributed by atoms with Gasteiger partial charge in [0.15, 0.2) is 0 Å². The van der Waals surface area contributed by atoms with Crippen LogP contribution >= 0.6 is 0 Å². The summed E-state index contributed by atoms with van der Waals surface area (Å²) in [4.78, 5) is 23.3.